The van der Waals surface area contributed by atoms with Crippen molar-refractivity contribution >= 4 is 29.5 Å². The Morgan fingerprint density at radius 1 is 1.10 bits per heavy atom. The summed E-state index contributed by atoms with van der Waals surface area (Å²) in [5, 5.41) is 0. The number of carbonyl (C=O) groups excluding carboxylic acids is 2. The van der Waals surface area contributed by atoms with Crippen molar-refractivity contribution in [2.24, 2.45) is 0 Å². The molecule has 3 rings (SSSR count). The number of rotatable bonds is 14. The van der Waals surface area contributed by atoms with E-state index in [-0.39, 0.29) is 18.1 Å². The largest absolute Gasteiger partial charge is 0.481 e. The molecule has 0 N–H and O–H groups in total. The molecule has 0 spiro atoms. The summed E-state index contributed by atoms with van der Waals surface area (Å²) in [6.07, 6.45) is 9.06. The maximum atomic E-state index is 12.8. The van der Waals surface area contributed by atoms with Crippen LogP contribution in [0.3, 0.4) is 0 Å². The van der Waals surface area contributed by atoms with Crippen LogP contribution in [0.5, 0.6) is 5.88 Å². The molecule has 202 valence electrons. The summed E-state index contributed by atoms with van der Waals surface area (Å²) in [4.78, 5) is 29.2. The van der Waals surface area contributed by atoms with Gasteiger partial charge in [-0.25, -0.2) is 4.98 Å². The van der Waals surface area contributed by atoms with Crippen LogP contribution in [-0.4, -0.2) is 41.5 Å². The molecule has 0 amide bonds. The lowest BCUT2D eigenvalue weighted by molar-refractivity contribution is -0.415. The molecule has 0 aliphatic heterocycles. The fourth-order valence-electron chi connectivity index (χ4n) is 4.79. The second kappa shape index (κ2) is 14.1. The van der Waals surface area contributed by atoms with E-state index in [1.807, 2.05) is 37.3 Å². The van der Waals surface area contributed by atoms with Gasteiger partial charge >= 0.3 is 0 Å². The van der Waals surface area contributed by atoms with Gasteiger partial charge in [-0.3, -0.25) is 9.59 Å². The Morgan fingerprint density at radius 2 is 1.85 bits per heavy atom. The predicted molar refractivity (Wildman–Crippen MR) is 160 cm³/mol. The van der Waals surface area contributed by atoms with Crippen molar-refractivity contribution in [3.05, 3.63) is 107 Å². The Balaban J connectivity index is 1.72. The Hall–Kier alpha value is -4.12. The molecule has 1 atom stereocenters. The van der Waals surface area contributed by atoms with E-state index < -0.39 is 0 Å². The smallest absolute Gasteiger partial charge is 0.229 e. The highest BCUT2D eigenvalue weighted by Gasteiger charge is 2.19. The molecule has 1 aromatic heterocycles. The molecule has 1 heterocycles. The van der Waals surface area contributed by atoms with Gasteiger partial charge in [0.1, 0.15) is 6.72 Å². The fourth-order valence-corrected chi connectivity index (χ4v) is 4.79. The van der Waals surface area contributed by atoms with Crippen molar-refractivity contribution in [3.63, 3.8) is 0 Å². The summed E-state index contributed by atoms with van der Waals surface area (Å²) in [6, 6.07) is 17.6. The molecular weight excluding hydrogens is 484 g/mol. The molecule has 0 aliphatic rings. The molecule has 0 radical (unpaired) electrons. The first-order chi connectivity index (χ1) is 18.8. The minimum atomic E-state index is -0.0598. The van der Waals surface area contributed by atoms with Gasteiger partial charge in [0, 0.05) is 35.5 Å². The first-order valence-electron chi connectivity index (χ1n) is 13.4. The van der Waals surface area contributed by atoms with Gasteiger partial charge in [0.15, 0.2) is 5.78 Å². The molecule has 0 saturated carbocycles. The third-order valence-corrected chi connectivity index (χ3v) is 7.09. The standard InChI is InChI=1S/C34H39N2O3/c1-7-9-14-32-30(15-11-16-31(32)25(4)37)24(3)17-18-26(8-2)27-12-10-13-29(21-27)36(5)23-33(38)28-19-20-34(39-6)35-22-28/h7,9-13,15-16,19-22,26H,3,5,8,14,17-18,23H2,1-2,4,6H3/q+1. The highest BCUT2D eigenvalue weighted by atomic mass is 16.5. The quantitative estimate of drug-likeness (QED) is 0.0943. The molecule has 39 heavy (non-hydrogen) atoms. The molecule has 5 nitrogen and oxygen atoms in total. The molecule has 0 bridgehead atoms. The monoisotopic (exact) mass is 523 g/mol. The van der Waals surface area contributed by atoms with Crippen molar-refractivity contribution in [1.82, 2.24) is 4.98 Å². The van der Waals surface area contributed by atoms with E-state index in [9.17, 15) is 9.59 Å². The third kappa shape index (κ3) is 7.70. The summed E-state index contributed by atoms with van der Waals surface area (Å²) in [7, 11) is 1.54. The highest BCUT2D eigenvalue weighted by Crippen LogP contribution is 2.32. The number of Topliss-reactive ketones (excluding diaryl/α,β-unsaturated/α-hetero) is 2. The van der Waals surface area contributed by atoms with Gasteiger partial charge in [-0.15, -0.1) is 0 Å². The molecule has 3 aromatic rings. The third-order valence-electron chi connectivity index (χ3n) is 7.09. The van der Waals surface area contributed by atoms with E-state index >= 15 is 0 Å². The molecule has 2 aromatic carbocycles. The topological polar surface area (TPSA) is 59.3 Å². The summed E-state index contributed by atoms with van der Waals surface area (Å²) < 4.78 is 6.80. The van der Waals surface area contributed by atoms with Crippen molar-refractivity contribution in [3.8, 4) is 5.88 Å². The van der Waals surface area contributed by atoms with E-state index in [2.05, 4.69) is 49.5 Å². The van der Waals surface area contributed by atoms with E-state index in [1.54, 1.807) is 30.7 Å². The Morgan fingerprint density at radius 3 is 2.49 bits per heavy atom. The predicted octanol–water partition coefficient (Wildman–Crippen LogP) is 7.63. The molecule has 5 heteroatoms. The Kier molecular flexibility index (Phi) is 10.7. The zero-order valence-corrected chi connectivity index (χ0v) is 23.6. The molecule has 0 saturated heterocycles. The van der Waals surface area contributed by atoms with Crippen LogP contribution in [0.15, 0.2) is 79.5 Å². The first-order valence-corrected chi connectivity index (χ1v) is 13.4. The zero-order chi connectivity index (χ0) is 28.4. The number of allylic oxidation sites excluding steroid dienone is 3. The van der Waals surface area contributed by atoms with Gasteiger partial charge in [-0.2, -0.15) is 4.58 Å². The number of nitrogens with zero attached hydrogens (tertiary/aromatic N) is 2. The Bertz CT molecular complexity index is 1370. The van der Waals surface area contributed by atoms with Crippen LogP contribution in [0.25, 0.3) is 5.57 Å². The molecule has 1 unspecified atom stereocenters. The minimum Gasteiger partial charge on any atom is -0.481 e. The van der Waals surface area contributed by atoms with Gasteiger partial charge in [-0.1, -0.05) is 56.0 Å². The van der Waals surface area contributed by atoms with Crippen LogP contribution in [0, 0.1) is 0 Å². The lowest BCUT2D eigenvalue weighted by atomic mass is 9.86. The van der Waals surface area contributed by atoms with Crippen molar-refractivity contribution in [2.45, 2.75) is 52.4 Å². The van der Waals surface area contributed by atoms with Gasteiger partial charge < -0.3 is 4.74 Å². The second-order valence-electron chi connectivity index (χ2n) is 9.71. The number of ketones is 2. The summed E-state index contributed by atoms with van der Waals surface area (Å²) >= 11 is 0. The zero-order valence-electron chi connectivity index (χ0n) is 23.6. The number of hydrogen-bond acceptors (Lipinski definition) is 4. The minimum absolute atomic E-state index is 0.0598. The second-order valence-corrected chi connectivity index (χ2v) is 9.71. The average molecular weight is 524 g/mol. The number of benzene rings is 2. The lowest BCUT2D eigenvalue weighted by Gasteiger charge is -2.19. The van der Waals surface area contributed by atoms with E-state index in [1.165, 1.54) is 11.8 Å². The molecule has 0 aliphatic carbocycles. The van der Waals surface area contributed by atoms with E-state index in [4.69, 9.17) is 4.74 Å². The van der Waals surface area contributed by atoms with Crippen LogP contribution in [0.2, 0.25) is 0 Å². The van der Waals surface area contributed by atoms with Crippen LogP contribution >= 0.6 is 0 Å². The lowest BCUT2D eigenvalue weighted by Crippen LogP contribution is -2.16. The normalized spacial score (nSPS) is 11.8. The van der Waals surface area contributed by atoms with Gasteiger partial charge in [0.05, 0.1) is 7.11 Å². The van der Waals surface area contributed by atoms with Crippen LogP contribution < -0.4 is 4.74 Å². The summed E-state index contributed by atoms with van der Waals surface area (Å²) in [5.74, 6) is 0.813. The molecular formula is C34H39N2O3+. The fraction of sp³-hybridized carbons (Fsp3) is 0.294. The van der Waals surface area contributed by atoms with Gasteiger partial charge in [0.2, 0.25) is 23.9 Å². The van der Waals surface area contributed by atoms with Crippen molar-refractivity contribution in [1.29, 1.82) is 0 Å². The number of aromatic nitrogens is 1. The number of ether oxygens (including phenoxy) is 1. The van der Waals surface area contributed by atoms with Crippen molar-refractivity contribution in [2.75, 3.05) is 13.7 Å². The van der Waals surface area contributed by atoms with Crippen molar-refractivity contribution < 1.29 is 18.9 Å². The van der Waals surface area contributed by atoms with Crippen LogP contribution in [0.4, 0.5) is 5.69 Å². The highest BCUT2D eigenvalue weighted by molar-refractivity contribution is 5.97. The number of hydrogen-bond donors (Lipinski definition) is 0. The average Bonchev–Trinajstić information content (AvgIpc) is 2.96. The SMILES string of the molecule is C=C(CCC(CC)c1cccc([N+](=C)CC(=O)c2ccc(OC)nc2)c1)c1cccc(C(C)=O)c1CC=CC. The van der Waals surface area contributed by atoms with E-state index in [0.29, 0.717) is 23.8 Å². The number of pyridine rings is 1. The molecule has 0 fully saturated rings. The number of carbonyl (C=O) groups is 2. The van der Waals surface area contributed by atoms with Crippen LogP contribution in [-0.2, 0) is 6.42 Å². The maximum Gasteiger partial charge on any atom is 0.229 e. The summed E-state index contributed by atoms with van der Waals surface area (Å²) in [5.41, 5.74) is 6.55. The first kappa shape index (κ1) is 29.4. The Labute approximate surface area is 232 Å². The summed E-state index contributed by atoms with van der Waals surface area (Å²) in [6.45, 7) is 14.5. The van der Waals surface area contributed by atoms with Gasteiger partial charge in [0.25, 0.3) is 0 Å². The van der Waals surface area contributed by atoms with Gasteiger partial charge in [-0.05, 0) is 73.8 Å². The number of methoxy groups -OCH3 is 1. The van der Waals surface area contributed by atoms with Crippen LogP contribution in [0.1, 0.15) is 83.4 Å². The van der Waals surface area contributed by atoms with E-state index in [0.717, 1.165) is 47.2 Å². The maximum absolute atomic E-state index is 12.8.